The molecule has 0 aromatic carbocycles. The van der Waals surface area contributed by atoms with Crippen molar-refractivity contribution >= 4 is 25.5 Å². The monoisotopic (exact) mass is 920 g/mol. The van der Waals surface area contributed by atoms with E-state index in [-0.39, 0.29) is 32.1 Å². The van der Waals surface area contributed by atoms with E-state index in [0.29, 0.717) is 19.3 Å². The van der Waals surface area contributed by atoms with Crippen LogP contribution in [-0.4, -0.2) is 138 Å². The Bertz CT molecular complexity index is 1440. The van der Waals surface area contributed by atoms with Crippen LogP contribution in [0.3, 0.4) is 0 Å². The number of carbonyl (C=O) groups excluding carboxylic acids is 3. The summed E-state index contributed by atoms with van der Waals surface area (Å²) >= 11 is 0. The average Bonchev–Trinajstić information content (AvgIpc) is 3.24. The van der Waals surface area contributed by atoms with Crippen molar-refractivity contribution < 1.29 is 83.2 Å². The van der Waals surface area contributed by atoms with Gasteiger partial charge in [-0.25, -0.2) is 4.57 Å². The number of Topliss-reactive ketones (excluding diaryl/α,β-unsaturated/α-hetero) is 1. The smallest absolute Gasteiger partial charge is 0.462 e. The largest absolute Gasteiger partial charge is 0.472 e. The maximum atomic E-state index is 13.5. The number of fused-ring (bicyclic) bond motifs is 4. The lowest BCUT2D eigenvalue weighted by Gasteiger charge is -2.37. The van der Waals surface area contributed by atoms with Crippen LogP contribution in [-0.2, 0) is 37.5 Å². The molecule has 0 spiro atoms. The van der Waals surface area contributed by atoms with Crippen molar-refractivity contribution in [1.29, 1.82) is 0 Å². The number of esters is 2. The molecule has 0 amide bonds. The molecule has 9 N–H and O–H groups in total. The predicted molar refractivity (Wildman–Crippen MR) is 233 cm³/mol. The molecule has 1 aliphatic heterocycles. The van der Waals surface area contributed by atoms with Gasteiger partial charge in [-0.05, 0) is 51.4 Å². The highest BCUT2D eigenvalue weighted by atomic mass is 31.2. The van der Waals surface area contributed by atoms with Gasteiger partial charge in [0.25, 0.3) is 0 Å². The second-order valence-electron chi connectivity index (χ2n) is 16.9. The fraction of sp³-hybridized carbons (Fsp3) is 0.800. The van der Waals surface area contributed by atoms with Crippen molar-refractivity contribution in [3.63, 3.8) is 0 Å². The SMILES string of the molecule is CCC/C=C\C/C=C\CCCCCCCC(=O)OC[C@@H]1COP(=O)(O)O[C@H]2[C@H](O)[C@@H](O)[C@H](O)[C@@H](CC(=O)CCCCC(=O)O1)[C@@H](O)C[C@@H](O)[C@H](/C=C/[C@@H](O)CCCCC)[C@@H](O)[C@H]2O. The van der Waals surface area contributed by atoms with Gasteiger partial charge in [-0.1, -0.05) is 95.2 Å². The summed E-state index contributed by atoms with van der Waals surface area (Å²) in [6, 6.07) is 0. The summed E-state index contributed by atoms with van der Waals surface area (Å²) < 4.78 is 34.5. The number of aliphatic hydroxyl groups excluding tert-OH is 8. The fourth-order valence-electron chi connectivity index (χ4n) is 7.56. The van der Waals surface area contributed by atoms with Gasteiger partial charge in [0.05, 0.1) is 37.1 Å². The van der Waals surface area contributed by atoms with Gasteiger partial charge >= 0.3 is 19.8 Å². The molecule has 1 heterocycles. The third-order valence-electron chi connectivity index (χ3n) is 11.4. The van der Waals surface area contributed by atoms with Gasteiger partial charge < -0.3 is 55.2 Å². The Balaban J connectivity index is 2.25. The van der Waals surface area contributed by atoms with Crippen LogP contribution in [0.4, 0.5) is 0 Å². The molecule has 1 aliphatic carbocycles. The fourth-order valence-corrected chi connectivity index (χ4v) is 8.53. The van der Waals surface area contributed by atoms with E-state index >= 15 is 0 Å². The number of rotatable bonds is 20. The Morgan fingerprint density at radius 2 is 1.46 bits per heavy atom. The summed E-state index contributed by atoms with van der Waals surface area (Å²) in [7, 11) is -5.49. The minimum atomic E-state index is -5.49. The Hall–Kier alpha value is -2.38. The number of phosphoric acid groups is 1. The van der Waals surface area contributed by atoms with Crippen molar-refractivity contribution in [1.82, 2.24) is 0 Å². The third kappa shape index (κ3) is 22.6. The van der Waals surface area contributed by atoms with Crippen molar-refractivity contribution in [2.45, 2.75) is 203 Å². The highest BCUT2D eigenvalue weighted by Gasteiger charge is 2.49. The predicted octanol–water partition coefficient (Wildman–Crippen LogP) is 4.17. The summed E-state index contributed by atoms with van der Waals surface area (Å²) in [6.07, 6.45) is 0.930. The number of ether oxygens (including phenoxy) is 2. The van der Waals surface area contributed by atoms with E-state index in [1.165, 1.54) is 12.2 Å². The lowest BCUT2D eigenvalue weighted by atomic mass is 9.82. The lowest BCUT2D eigenvalue weighted by molar-refractivity contribution is -0.168. The second-order valence-corrected chi connectivity index (χ2v) is 18.3. The van der Waals surface area contributed by atoms with Gasteiger partial charge in [0.15, 0.2) is 6.10 Å². The Morgan fingerprint density at radius 1 is 0.794 bits per heavy atom. The molecule has 2 aliphatic rings. The maximum Gasteiger partial charge on any atom is 0.472 e. The summed E-state index contributed by atoms with van der Waals surface area (Å²) in [5.74, 6) is -5.02. The Kier molecular flexibility index (Phi) is 28.4. The van der Waals surface area contributed by atoms with Gasteiger partial charge in [0, 0.05) is 43.9 Å². The van der Waals surface area contributed by atoms with Crippen molar-refractivity contribution in [2.24, 2.45) is 11.8 Å². The van der Waals surface area contributed by atoms with Gasteiger partial charge in [-0.2, -0.15) is 0 Å². The number of unbranched alkanes of at least 4 members (excludes halogenated alkanes) is 8. The number of ketones is 1. The van der Waals surface area contributed by atoms with Crippen LogP contribution in [0.15, 0.2) is 36.5 Å². The number of carbonyl (C=O) groups is 3. The lowest BCUT2D eigenvalue weighted by Crippen LogP contribution is -2.56. The highest BCUT2D eigenvalue weighted by molar-refractivity contribution is 7.47. The van der Waals surface area contributed by atoms with Crippen LogP contribution in [0.1, 0.15) is 142 Å². The minimum absolute atomic E-state index is 0.0652. The van der Waals surface area contributed by atoms with E-state index in [2.05, 4.69) is 31.2 Å². The first-order valence-electron chi connectivity index (χ1n) is 23.0. The average molecular weight is 921 g/mol. The van der Waals surface area contributed by atoms with Crippen molar-refractivity contribution in [3.8, 4) is 0 Å². The Labute approximate surface area is 372 Å². The maximum absolute atomic E-state index is 13.5. The first kappa shape index (κ1) is 56.7. The van der Waals surface area contributed by atoms with Gasteiger partial charge in [-0.3, -0.25) is 23.4 Å². The molecule has 1 saturated heterocycles. The van der Waals surface area contributed by atoms with E-state index < -0.39 is 124 Å². The van der Waals surface area contributed by atoms with Crippen molar-refractivity contribution in [3.05, 3.63) is 36.5 Å². The van der Waals surface area contributed by atoms with Crippen LogP contribution in [0.2, 0.25) is 0 Å². The number of allylic oxidation sites excluding steroid dienone is 4. The normalized spacial score (nSPS) is 33.0. The highest BCUT2D eigenvalue weighted by Crippen LogP contribution is 2.47. The second kappa shape index (κ2) is 31.5. The van der Waals surface area contributed by atoms with E-state index in [9.17, 15) is 64.7 Å². The number of cyclic esters (lactones) is 1. The molecule has 1 unspecified atom stereocenters. The minimum Gasteiger partial charge on any atom is -0.462 e. The van der Waals surface area contributed by atoms with Gasteiger partial charge in [0.1, 0.15) is 36.8 Å². The molecular formula is C45H77O17P. The van der Waals surface area contributed by atoms with E-state index in [0.717, 1.165) is 64.2 Å². The zero-order chi connectivity index (χ0) is 46.8. The van der Waals surface area contributed by atoms with Gasteiger partial charge in [-0.15, -0.1) is 0 Å². The molecule has 17 nitrogen and oxygen atoms in total. The number of phosphoric ester groups is 1. The first-order valence-corrected chi connectivity index (χ1v) is 24.5. The molecular weight excluding hydrogens is 843 g/mol. The molecule has 364 valence electrons. The molecule has 2 bridgehead atoms. The van der Waals surface area contributed by atoms with Crippen LogP contribution in [0, 0.1) is 11.8 Å². The quantitative estimate of drug-likeness (QED) is 0.0358. The summed E-state index contributed by atoms with van der Waals surface area (Å²) in [4.78, 5) is 49.5. The number of hydrogen-bond donors (Lipinski definition) is 9. The third-order valence-corrected chi connectivity index (χ3v) is 12.4. The zero-order valence-corrected chi connectivity index (χ0v) is 38.1. The number of hydrogen-bond acceptors (Lipinski definition) is 16. The Morgan fingerprint density at radius 3 is 2.17 bits per heavy atom. The zero-order valence-electron chi connectivity index (χ0n) is 37.2. The van der Waals surface area contributed by atoms with Crippen molar-refractivity contribution in [2.75, 3.05) is 13.2 Å². The molecule has 2 fully saturated rings. The summed E-state index contributed by atoms with van der Waals surface area (Å²) in [5, 5.41) is 89.8. The van der Waals surface area contributed by atoms with Crippen LogP contribution < -0.4 is 0 Å². The molecule has 63 heavy (non-hydrogen) atoms. The van der Waals surface area contributed by atoms with Gasteiger partial charge in [0.2, 0.25) is 0 Å². The molecule has 0 aromatic heterocycles. The molecule has 1 saturated carbocycles. The topological polar surface area (TPSA) is 287 Å². The van der Waals surface area contributed by atoms with E-state index in [1.807, 2.05) is 6.92 Å². The van der Waals surface area contributed by atoms with Crippen LogP contribution in [0.25, 0.3) is 0 Å². The summed E-state index contributed by atoms with van der Waals surface area (Å²) in [5.41, 5.74) is 0. The van der Waals surface area contributed by atoms with E-state index in [4.69, 9.17) is 18.5 Å². The molecule has 13 atom stereocenters. The number of aliphatic hydroxyl groups is 8. The molecule has 2 rings (SSSR count). The van der Waals surface area contributed by atoms with E-state index in [1.54, 1.807) is 0 Å². The van der Waals surface area contributed by atoms with Crippen LogP contribution >= 0.6 is 7.82 Å². The summed E-state index contributed by atoms with van der Waals surface area (Å²) in [6.45, 7) is 2.63. The molecule has 0 aromatic rings. The van der Waals surface area contributed by atoms with Crippen LogP contribution in [0.5, 0.6) is 0 Å². The molecule has 18 heteroatoms. The first-order chi connectivity index (χ1) is 30.0. The standard InChI is InChI=1S/C45H77O17P/c1-3-5-7-8-9-10-11-12-13-14-15-16-18-23-38(50)59-29-33-30-60-63(57,58)62-45-43(55)40(52)34(26-25-31(46)21-17-6-4-2)36(48)28-37(49)35(41(53)42(54)44(45)56)27-32(47)22-19-20-24-39(51)61-33/h7-8,10-11,25-26,31,33-37,40-46,48-49,52-56H,3-6,9,12-24,27-30H2,1-2H3,(H,57,58)/b8-7-,11-10-,26-25+/t31-,33+,34-,35-,36+,37-,40+,41+,42-,43+,44+,45+/m0/s1. The molecule has 0 radical (unpaired) electrons.